The molecule has 7 nitrogen and oxygen atoms in total. The number of epoxide rings is 1. The van der Waals surface area contributed by atoms with E-state index in [-0.39, 0.29) is 41.0 Å². The number of hydrazone groups is 1. The first-order valence-corrected chi connectivity index (χ1v) is 11.8. The van der Waals surface area contributed by atoms with Crippen LogP contribution in [0.25, 0.3) is 0 Å². The molecule has 1 spiro atoms. The zero-order chi connectivity index (χ0) is 22.0. The molecule has 0 radical (unpaired) electrons. The Morgan fingerprint density at radius 2 is 1.97 bits per heavy atom. The number of anilines is 1. The number of para-hydroxylation sites is 1. The van der Waals surface area contributed by atoms with Crippen molar-refractivity contribution in [3.63, 3.8) is 0 Å². The number of hydrogen-bond acceptors (Lipinski definition) is 5. The van der Waals surface area contributed by atoms with E-state index >= 15 is 0 Å². The largest absolute Gasteiger partial charge is 0.363 e. The van der Waals surface area contributed by atoms with Gasteiger partial charge in [-0.1, -0.05) is 39.0 Å². The Kier molecular flexibility index (Phi) is 3.49. The molecule has 7 rings (SSSR count). The summed E-state index contributed by atoms with van der Waals surface area (Å²) >= 11 is 0. The van der Waals surface area contributed by atoms with Crippen molar-refractivity contribution >= 4 is 23.2 Å². The van der Waals surface area contributed by atoms with Crippen LogP contribution in [0.5, 0.6) is 0 Å². The summed E-state index contributed by atoms with van der Waals surface area (Å²) < 4.78 is 12.3. The van der Waals surface area contributed by atoms with Crippen LogP contribution < -0.4 is 10.3 Å². The van der Waals surface area contributed by atoms with Gasteiger partial charge in [-0.05, 0) is 42.7 Å². The van der Waals surface area contributed by atoms with Crippen LogP contribution in [0.15, 0.2) is 35.4 Å². The highest BCUT2D eigenvalue weighted by atomic mass is 16.7. The number of hydrogen-bond donors (Lipinski definition) is 1. The van der Waals surface area contributed by atoms with Gasteiger partial charge in [0.25, 0.3) is 0 Å². The summed E-state index contributed by atoms with van der Waals surface area (Å²) in [5, 5.41) is 4.65. The van der Waals surface area contributed by atoms with E-state index < -0.39 is 17.4 Å². The SMILES string of the molecule is CC1(C)[C@@H]2CC[C@@]1(C)/C(=N/NC(=O)C1C3OC4(CN(c5ccccc5)C(=O)C14)C1OC31)C2. The van der Waals surface area contributed by atoms with Gasteiger partial charge in [-0.25, -0.2) is 5.43 Å². The molecule has 0 aromatic heterocycles. The van der Waals surface area contributed by atoms with E-state index in [2.05, 4.69) is 31.3 Å². The van der Waals surface area contributed by atoms with Crippen LogP contribution in [-0.2, 0) is 19.1 Å². The van der Waals surface area contributed by atoms with Crippen molar-refractivity contribution in [2.24, 2.45) is 33.7 Å². The number of rotatable bonds is 3. The Morgan fingerprint density at radius 3 is 2.66 bits per heavy atom. The number of nitrogens with one attached hydrogen (secondary N) is 1. The van der Waals surface area contributed by atoms with Crippen LogP contribution >= 0.6 is 0 Å². The average Bonchev–Trinajstić information content (AvgIpc) is 3.21. The van der Waals surface area contributed by atoms with Gasteiger partial charge >= 0.3 is 0 Å². The second kappa shape index (κ2) is 5.81. The number of nitrogens with zero attached hydrogens (tertiary/aromatic N) is 2. The van der Waals surface area contributed by atoms with E-state index in [9.17, 15) is 9.59 Å². The zero-order valence-electron chi connectivity index (χ0n) is 18.7. The lowest BCUT2D eigenvalue weighted by Crippen LogP contribution is -2.48. The van der Waals surface area contributed by atoms with Crippen molar-refractivity contribution in [3.05, 3.63) is 30.3 Å². The number of carbonyl (C=O) groups excluding carboxylic acids is 2. The molecule has 2 amide bonds. The number of fused-ring (bicyclic) bond motifs is 5. The predicted molar refractivity (Wildman–Crippen MR) is 117 cm³/mol. The van der Waals surface area contributed by atoms with Crippen LogP contribution in [0.2, 0.25) is 0 Å². The summed E-state index contributed by atoms with van der Waals surface area (Å²) in [6, 6.07) is 9.61. The van der Waals surface area contributed by atoms with E-state index in [0.717, 1.165) is 24.2 Å². The molecule has 2 saturated carbocycles. The Hall–Kier alpha value is -2.25. The minimum absolute atomic E-state index is 0.0232. The Morgan fingerprint density at radius 1 is 1.19 bits per heavy atom. The fraction of sp³-hybridized carbons (Fsp3) is 0.640. The first kappa shape index (κ1) is 19.2. The van der Waals surface area contributed by atoms with Crippen LogP contribution in [0, 0.1) is 28.6 Å². The summed E-state index contributed by atoms with van der Waals surface area (Å²) in [7, 11) is 0. The van der Waals surface area contributed by atoms with Gasteiger partial charge in [-0.2, -0.15) is 5.10 Å². The summed E-state index contributed by atoms with van der Waals surface area (Å²) in [6.45, 7) is 7.36. The molecule has 1 aromatic rings. The molecular weight excluding hydrogens is 406 g/mol. The van der Waals surface area contributed by atoms with Crippen molar-refractivity contribution in [1.29, 1.82) is 0 Å². The minimum Gasteiger partial charge on any atom is -0.363 e. The van der Waals surface area contributed by atoms with E-state index in [1.54, 1.807) is 4.90 Å². The summed E-state index contributed by atoms with van der Waals surface area (Å²) in [6.07, 6.45) is 2.75. The maximum absolute atomic E-state index is 13.5. The summed E-state index contributed by atoms with van der Waals surface area (Å²) in [5.41, 5.74) is 4.29. The molecule has 1 aromatic carbocycles. The Balaban J connectivity index is 1.17. The molecule has 2 aliphatic carbocycles. The summed E-state index contributed by atoms with van der Waals surface area (Å²) in [4.78, 5) is 28.7. The molecule has 6 fully saturated rings. The van der Waals surface area contributed by atoms with E-state index in [1.807, 2.05) is 30.3 Å². The standard InChI is InChI=1S/C25H29N3O4/c1-23(2)13-9-10-24(23,3)15(11-13)26-27-21(29)16-17-22(30)28(14-7-5-4-6-8-14)12-25(17)20-19(31-20)18(16)32-25/h4-8,13,16-20H,9-12H2,1-3H3,(H,27,29)/b26-15+/t13-,16?,17?,18?,19?,20?,24+,25?/m1/s1. The molecule has 4 heterocycles. The van der Waals surface area contributed by atoms with Crippen LogP contribution in [0.3, 0.4) is 0 Å². The van der Waals surface area contributed by atoms with Crippen molar-refractivity contribution < 1.29 is 19.1 Å². The van der Waals surface area contributed by atoms with Crippen LogP contribution in [-0.4, -0.2) is 48.0 Å². The highest BCUT2D eigenvalue weighted by Gasteiger charge is 2.82. The monoisotopic (exact) mass is 435 g/mol. The fourth-order valence-corrected chi connectivity index (χ4v) is 7.68. The van der Waals surface area contributed by atoms with E-state index in [1.165, 1.54) is 6.42 Å². The zero-order valence-corrected chi connectivity index (χ0v) is 18.7. The van der Waals surface area contributed by atoms with Gasteiger partial charge in [0.2, 0.25) is 11.8 Å². The van der Waals surface area contributed by atoms with Crippen molar-refractivity contribution in [2.45, 2.75) is 63.9 Å². The molecule has 6 aliphatic rings. The molecule has 7 heteroatoms. The lowest BCUT2D eigenvalue weighted by Gasteiger charge is -2.34. The Bertz CT molecular complexity index is 1070. The molecule has 1 N–H and O–H groups in total. The first-order chi connectivity index (χ1) is 15.3. The maximum Gasteiger partial charge on any atom is 0.246 e. The van der Waals surface area contributed by atoms with E-state index in [4.69, 9.17) is 9.47 Å². The van der Waals surface area contributed by atoms with Crippen molar-refractivity contribution in [1.82, 2.24) is 5.43 Å². The van der Waals surface area contributed by atoms with Crippen molar-refractivity contribution in [3.8, 4) is 0 Å². The van der Waals surface area contributed by atoms with Crippen LogP contribution in [0.4, 0.5) is 5.69 Å². The van der Waals surface area contributed by atoms with Gasteiger partial charge in [-0.15, -0.1) is 0 Å². The number of amides is 2. The van der Waals surface area contributed by atoms with E-state index in [0.29, 0.717) is 12.5 Å². The molecule has 8 atom stereocenters. The quantitative estimate of drug-likeness (QED) is 0.584. The second-order valence-electron chi connectivity index (χ2n) is 11.4. The highest BCUT2D eigenvalue weighted by molar-refractivity contribution is 6.03. The average molecular weight is 436 g/mol. The van der Waals surface area contributed by atoms with Gasteiger partial charge in [-0.3, -0.25) is 9.59 Å². The molecule has 4 bridgehead atoms. The molecule has 4 saturated heterocycles. The molecule has 4 aliphatic heterocycles. The van der Waals surface area contributed by atoms with Gasteiger partial charge in [0.05, 0.1) is 24.5 Å². The molecular formula is C25H29N3O4. The smallest absolute Gasteiger partial charge is 0.246 e. The van der Waals surface area contributed by atoms with Gasteiger partial charge in [0.1, 0.15) is 17.8 Å². The normalized spacial score (nSPS) is 47.8. The summed E-state index contributed by atoms with van der Waals surface area (Å²) in [5.74, 6) is -0.731. The third kappa shape index (κ3) is 2.08. The number of carbonyl (C=O) groups is 2. The highest BCUT2D eigenvalue weighted by Crippen LogP contribution is 2.65. The Labute approximate surface area is 187 Å². The topological polar surface area (TPSA) is 83.5 Å². The third-order valence-corrected chi connectivity index (χ3v) is 10.0. The van der Waals surface area contributed by atoms with Crippen LogP contribution in [0.1, 0.15) is 40.0 Å². The van der Waals surface area contributed by atoms with Crippen molar-refractivity contribution in [2.75, 3.05) is 11.4 Å². The first-order valence-electron chi connectivity index (χ1n) is 11.8. The molecule has 168 valence electrons. The van der Waals surface area contributed by atoms with Gasteiger partial charge < -0.3 is 14.4 Å². The molecule has 6 unspecified atom stereocenters. The third-order valence-electron chi connectivity index (χ3n) is 10.0. The van der Waals surface area contributed by atoms with Gasteiger partial charge in [0, 0.05) is 16.8 Å². The van der Waals surface area contributed by atoms with Gasteiger partial charge in [0.15, 0.2) is 0 Å². The fourth-order valence-electron chi connectivity index (χ4n) is 7.68. The second-order valence-corrected chi connectivity index (χ2v) is 11.4. The maximum atomic E-state index is 13.5. The molecule has 32 heavy (non-hydrogen) atoms. The number of ether oxygens (including phenoxy) is 2. The lowest BCUT2D eigenvalue weighted by molar-refractivity contribution is -0.132. The minimum atomic E-state index is -0.724. The lowest BCUT2D eigenvalue weighted by atomic mass is 9.70. The predicted octanol–water partition coefficient (Wildman–Crippen LogP) is 2.50. The number of benzene rings is 1.